The van der Waals surface area contributed by atoms with E-state index < -0.39 is 0 Å². The zero-order valence-corrected chi connectivity index (χ0v) is 17.6. The van der Waals surface area contributed by atoms with Crippen LogP contribution < -0.4 is 14.2 Å². The van der Waals surface area contributed by atoms with Gasteiger partial charge in [0.2, 0.25) is 0 Å². The number of piperazine rings is 1. The lowest BCUT2D eigenvalue weighted by atomic mass is 10.2. The van der Waals surface area contributed by atoms with Crippen molar-refractivity contribution in [3.8, 4) is 23.0 Å². The van der Waals surface area contributed by atoms with Crippen molar-refractivity contribution in [2.75, 3.05) is 33.3 Å². The monoisotopic (exact) mass is 418 g/mol. The van der Waals surface area contributed by atoms with Gasteiger partial charge in [0, 0.05) is 32.7 Å². The smallest absolute Gasteiger partial charge is 0.415 e. The third-order valence-electron chi connectivity index (χ3n) is 5.18. The molecule has 0 aromatic heterocycles. The lowest BCUT2D eigenvalue weighted by molar-refractivity contribution is 0.108. The van der Waals surface area contributed by atoms with Crippen molar-refractivity contribution in [1.29, 1.82) is 0 Å². The van der Waals surface area contributed by atoms with Crippen LogP contribution in [0, 0.1) is 0 Å². The van der Waals surface area contributed by atoms with Gasteiger partial charge in [0.1, 0.15) is 11.5 Å². The van der Waals surface area contributed by atoms with E-state index >= 15 is 0 Å². The molecule has 0 N–H and O–H groups in total. The van der Waals surface area contributed by atoms with E-state index in [1.54, 1.807) is 24.1 Å². The zero-order chi connectivity index (χ0) is 21.5. The Labute approximate surface area is 182 Å². The third-order valence-corrected chi connectivity index (χ3v) is 5.18. The Bertz CT molecular complexity index is 1000. The van der Waals surface area contributed by atoms with Gasteiger partial charge in [-0.15, -0.1) is 0 Å². The summed E-state index contributed by atoms with van der Waals surface area (Å²) in [7, 11) is 1.63. The first-order valence-corrected chi connectivity index (χ1v) is 10.4. The minimum Gasteiger partial charge on any atom is -0.493 e. The first-order valence-electron chi connectivity index (χ1n) is 10.4. The highest BCUT2D eigenvalue weighted by Gasteiger charge is 2.22. The highest BCUT2D eigenvalue weighted by molar-refractivity contribution is 5.70. The number of methoxy groups -OCH3 is 1. The van der Waals surface area contributed by atoms with Gasteiger partial charge in [-0.3, -0.25) is 4.90 Å². The van der Waals surface area contributed by atoms with E-state index in [-0.39, 0.29) is 6.09 Å². The number of hydrogen-bond donors (Lipinski definition) is 0. The molecule has 160 valence electrons. The first kappa shape index (κ1) is 20.8. The van der Waals surface area contributed by atoms with E-state index in [0.29, 0.717) is 30.3 Å². The summed E-state index contributed by atoms with van der Waals surface area (Å²) >= 11 is 0. The number of amides is 1. The Morgan fingerprint density at radius 2 is 1.48 bits per heavy atom. The molecule has 0 spiro atoms. The van der Waals surface area contributed by atoms with Gasteiger partial charge in [0.15, 0.2) is 11.5 Å². The third kappa shape index (κ3) is 5.55. The molecule has 3 aromatic rings. The molecule has 1 amide bonds. The molecule has 3 aromatic carbocycles. The number of hydrogen-bond acceptors (Lipinski definition) is 5. The number of benzene rings is 3. The highest BCUT2D eigenvalue weighted by Crippen LogP contribution is 2.31. The number of carbonyl (C=O) groups excluding carboxylic acids is 1. The molecule has 0 saturated carbocycles. The van der Waals surface area contributed by atoms with Crippen LogP contribution in [-0.4, -0.2) is 49.2 Å². The van der Waals surface area contributed by atoms with E-state index in [2.05, 4.69) is 11.0 Å². The second kappa shape index (κ2) is 10.00. The molecule has 0 aliphatic carbocycles. The molecule has 1 aliphatic rings. The van der Waals surface area contributed by atoms with E-state index in [1.165, 1.54) is 0 Å². The van der Waals surface area contributed by atoms with Crippen LogP contribution in [0.3, 0.4) is 0 Å². The average molecular weight is 418 g/mol. The predicted octanol–water partition coefficient (Wildman–Crippen LogP) is 4.80. The van der Waals surface area contributed by atoms with E-state index in [1.807, 2.05) is 60.7 Å². The van der Waals surface area contributed by atoms with Crippen LogP contribution in [0.25, 0.3) is 0 Å². The van der Waals surface area contributed by atoms with Crippen LogP contribution in [0.15, 0.2) is 78.9 Å². The highest BCUT2D eigenvalue weighted by atomic mass is 16.6. The first-order chi connectivity index (χ1) is 15.2. The molecule has 6 nitrogen and oxygen atoms in total. The standard InChI is InChI=1S/C25H26N2O4/c1-29-23-12-5-6-13-24(23)30-22-11-7-8-20(18-22)19-26-14-16-27(17-15-26)25(28)31-21-9-3-2-4-10-21/h2-13,18H,14-17,19H2,1H3. The minimum absolute atomic E-state index is 0.293. The molecule has 0 atom stereocenters. The summed E-state index contributed by atoms with van der Waals surface area (Å²) in [4.78, 5) is 16.4. The number of nitrogens with zero attached hydrogens (tertiary/aromatic N) is 2. The molecule has 0 unspecified atom stereocenters. The average Bonchev–Trinajstić information content (AvgIpc) is 2.81. The van der Waals surface area contributed by atoms with Gasteiger partial charge >= 0.3 is 6.09 Å². The van der Waals surface area contributed by atoms with Crippen molar-refractivity contribution in [3.63, 3.8) is 0 Å². The largest absolute Gasteiger partial charge is 0.493 e. The van der Waals surface area contributed by atoms with Gasteiger partial charge in [0.05, 0.1) is 7.11 Å². The molecular formula is C25H26N2O4. The van der Waals surface area contributed by atoms with Gasteiger partial charge < -0.3 is 19.1 Å². The molecule has 0 radical (unpaired) electrons. The van der Waals surface area contributed by atoms with Crippen LogP contribution in [0.4, 0.5) is 4.79 Å². The Hall–Kier alpha value is -3.51. The normalized spacial score (nSPS) is 14.2. The molecule has 1 saturated heterocycles. The fourth-order valence-corrected chi connectivity index (χ4v) is 3.54. The van der Waals surface area contributed by atoms with Crippen LogP contribution in [-0.2, 0) is 6.54 Å². The summed E-state index contributed by atoms with van der Waals surface area (Å²) in [6.07, 6.45) is -0.293. The number of para-hydroxylation sites is 3. The Kier molecular flexibility index (Phi) is 6.69. The van der Waals surface area contributed by atoms with Gasteiger partial charge in [-0.25, -0.2) is 4.79 Å². The van der Waals surface area contributed by atoms with E-state index in [9.17, 15) is 4.79 Å². The van der Waals surface area contributed by atoms with Crippen molar-refractivity contribution in [3.05, 3.63) is 84.4 Å². The summed E-state index contributed by atoms with van der Waals surface area (Å²) in [6, 6.07) is 24.8. The van der Waals surface area contributed by atoms with Crippen molar-refractivity contribution in [2.24, 2.45) is 0 Å². The second-order valence-electron chi connectivity index (χ2n) is 7.34. The van der Waals surface area contributed by atoms with Gasteiger partial charge in [-0.2, -0.15) is 0 Å². The van der Waals surface area contributed by atoms with Gasteiger partial charge in [-0.05, 0) is 42.0 Å². The maximum absolute atomic E-state index is 12.4. The van der Waals surface area contributed by atoms with Crippen LogP contribution in [0.2, 0.25) is 0 Å². The minimum atomic E-state index is -0.293. The summed E-state index contributed by atoms with van der Waals surface area (Å²) in [5, 5.41) is 0. The van der Waals surface area contributed by atoms with E-state index in [0.717, 1.165) is 30.9 Å². The lowest BCUT2D eigenvalue weighted by Gasteiger charge is -2.34. The van der Waals surface area contributed by atoms with E-state index in [4.69, 9.17) is 14.2 Å². The number of rotatable bonds is 6. The van der Waals surface area contributed by atoms with Crippen molar-refractivity contribution >= 4 is 6.09 Å². The maximum atomic E-state index is 12.4. The van der Waals surface area contributed by atoms with Gasteiger partial charge in [-0.1, -0.05) is 42.5 Å². The fourth-order valence-electron chi connectivity index (χ4n) is 3.54. The zero-order valence-electron chi connectivity index (χ0n) is 17.6. The molecule has 31 heavy (non-hydrogen) atoms. The van der Waals surface area contributed by atoms with Crippen LogP contribution >= 0.6 is 0 Å². The molecule has 6 heteroatoms. The quantitative estimate of drug-likeness (QED) is 0.575. The maximum Gasteiger partial charge on any atom is 0.415 e. The topological polar surface area (TPSA) is 51.2 Å². The molecular weight excluding hydrogens is 392 g/mol. The van der Waals surface area contributed by atoms with Crippen LogP contribution in [0.5, 0.6) is 23.0 Å². The van der Waals surface area contributed by atoms with Crippen LogP contribution in [0.1, 0.15) is 5.56 Å². The predicted molar refractivity (Wildman–Crippen MR) is 119 cm³/mol. The molecule has 1 fully saturated rings. The molecule has 1 heterocycles. The summed E-state index contributed by atoms with van der Waals surface area (Å²) < 4.78 is 16.8. The Balaban J connectivity index is 1.30. The molecule has 1 aliphatic heterocycles. The summed E-state index contributed by atoms with van der Waals surface area (Å²) in [5.41, 5.74) is 1.16. The number of ether oxygens (including phenoxy) is 3. The number of carbonyl (C=O) groups is 1. The molecule has 4 rings (SSSR count). The lowest BCUT2D eigenvalue weighted by Crippen LogP contribution is -2.49. The Morgan fingerprint density at radius 3 is 2.23 bits per heavy atom. The Morgan fingerprint density at radius 1 is 0.806 bits per heavy atom. The molecule has 0 bridgehead atoms. The van der Waals surface area contributed by atoms with Crippen molar-refractivity contribution < 1.29 is 19.0 Å². The summed E-state index contributed by atoms with van der Waals surface area (Å²) in [5.74, 6) is 2.73. The second-order valence-corrected chi connectivity index (χ2v) is 7.34. The van der Waals surface area contributed by atoms with Gasteiger partial charge in [0.25, 0.3) is 0 Å². The fraction of sp³-hybridized carbons (Fsp3) is 0.240. The summed E-state index contributed by atoms with van der Waals surface area (Å²) in [6.45, 7) is 3.67. The SMILES string of the molecule is COc1ccccc1Oc1cccc(CN2CCN(C(=O)Oc3ccccc3)CC2)c1. The van der Waals surface area contributed by atoms with Crippen molar-refractivity contribution in [2.45, 2.75) is 6.54 Å². The van der Waals surface area contributed by atoms with Crippen molar-refractivity contribution in [1.82, 2.24) is 9.80 Å².